The third-order valence-corrected chi connectivity index (χ3v) is 4.53. The Labute approximate surface area is 129 Å². The van der Waals surface area contributed by atoms with E-state index in [1.807, 2.05) is 12.1 Å². The highest BCUT2D eigenvalue weighted by Crippen LogP contribution is 2.26. The van der Waals surface area contributed by atoms with Gasteiger partial charge in [0.2, 0.25) is 0 Å². The van der Waals surface area contributed by atoms with Gasteiger partial charge in [-0.2, -0.15) is 0 Å². The lowest BCUT2D eigenvalue weighted by Crippen LogP contribution is -2.49. The molecule has 0 atom stereocenters. The van der Waals surface area contributed by atoms with Gasteiger partial charge in [0, 0.05) is 37.9 Å². The van der Waals surface area contributed by atoms with Crippen molar-refractivity contribution in [3.8, 4) is 0 Å². The van der Waals surface area contributed by atoms with E-state index >= 15 is 0 Å². The predicted octanol–water partition coefficient (Wildman–Crippen LogP) is 2.69. The van der Waals surface area contributed by atoms with Crippen LogP contribution >= 0.6 is 23.2 Å². The third-order valence-electron chi connectivity index (χ3n) is 4.14. The number of nitrogens with zero attached hydrogens (tertiary/aromatic N) is 3. The largest absolute Gasteiger partial charge is 0.379 e. The minimum Gasteiger partial charge on any atom is -0.379 e. The van der Waals surface area contributed by atoms with Crippen LogP contribution in [0.5, 0.6) is 0 Å². The van der Waals surface area contributed by atoms with Gasteiger partial charge >= 0.3 is 0 Å². The molecule has 0 unspecified atom stereocenters. The fourth-order valence-electron chi connectivity index (χ4n) is 3.07. The van der Waals surface area contributed by atoms with E-state index in [-0.39, 0.29) is 0 Å². The first-order valence-electron chi connectivity index (χ1n) is 7.12. The molecule has 2 aliphatic rings. The van der Waals surface area contributed by atoms with Gasteiger partial charge in [0.1, 0.15) is 10.3 Å². The van der Waals surface area contributed by atoms with Crippen LogP contribution in [0.15, 0.2) is 12.1 Å². The molecular formula is C14H19Cl2N3O. The van der Waals surface area contributed by atoms with Crippen LogP contribution in [0, 0.1) is 0 Å². The zero-order chi connectivity index (χ0) is 13.9. The number of pyridine rings is 1. The summed E-state index contributed by atoms with van der Waals surface area (Å²) in [5, 5.41) is 0.922. The summed E-state index contributed by atoms with van der Waals surface area (Å²) in [4.78, 5) is 8.91. The van der Waals surface area contributed by atoms with E-state index in [4.69, 9.17) is 27.9 Å². The molecule has 0 radical (unpaired) electrons. The van der Waals surface area contributed by atoms with E-state index in [1.165, 1.54) is 12.8 Å². The number of hydrogen-bond acceptors (Lipinski definition) is 4. The van der Waals surface area contributed by atoms with Gasteiger partial charge < -0.3 is 9.64 Å². The number of halogens is 2. The topological polar surface area (TPSA) is 28.6 Å². The van der Waals surface area contributed by atoms with Crippen LogP contribution in [0.25, 0.3) is 0 Å². The highest BCUT2D eigenvalue weighted by Gasteiger charge is 2.26. The van der Waals surface area contributed by atoms with Crippen LogP contribution in [0.4, 0.5) is 5.69 Å². The number of morpholine rings is 1. The number of rotatable bonds is 2. The first kappa shape index (κ1) is 14.4. The molecule has 0 aromatic carbocycles. The molecule has 0 saturated carbocycles. The van der Waals surface area contributed by atoms with Crippen LogP contribution in [-0.2, 0) is 4.74 Å². The quantitative estimate of drug-likeness (QED) is 0.785. The minimum absolute atomic E-state index is 0.461. The molecule has 0 aliphatic carbocycles. The Bertz CT molecular complexity index is 437. The van der Waals surface area contributed by atoms with Gasteiger partial charge in [0.25, 0.3) is 0 Å². The van der Waals surface area contributed by atoms with E-state index in [0.717, 1.165) is 45.1 Å². The Morgan fingerprint density at radius 1 is 1.00 bits per heavy atom. The monoisotopic (exact) mass is 315 g/mol. The normalized spacial score (nSPS) is 22.2. The zero-order valence-electron chi connectivity index (χ0n) is 11.4. The van der Waals surface area contributed by atoms with Gasteiger partial charge in [0.15, 0.2) is 0 Å². The summed E-state index contributed by atoms with van der Waals surface area (Å²) in [5.74, 6) is 0. The molecule has 3 rings (SSSR count). The van der Waals surface area contributed by atoms with Crippen molar-refractivity contribution in [1.29, 1.82) is 0 Å². The lowest BCUT2D eigenvalue weighted by Gasteiger charge is -2.40. The SMILES string of the molecule is Clc1cc(N2CCC(N3CCOCC3)CC2)cc(Cl)n1. The average molecular weight is 316 g/mol. The van der Waals surface area contributed by atoms with Crippen molar-refractivity contribution >= 4 is 28.9 Å². The van der Waals surface area contributed by atoms with E-state index in [9.17, 15) is 0 Å². The van der Waals surface area contributed by atoms with Gasteiger partial charge in [0.05, 0.1) is 13.2 Å². The second kappa shape index (κ2) is 6.48. The lowest BCUT2D eigenvalue weighted by atomic mass is 10.0. The molecule has 0 amide bonds. The van der Waals surface area contributed by atoms with Gasteiger partial charge in [-0.1, -0.05) is 23.2 Å². The summed E-state index contributed by atoms with van der Waals surface area (Å²) in [7, 11) is 0. The summed E-state index contributed by atoms with van der Waals surface area (Å²) in [6, 6.07) is 4.47. The van der Waals surface area contributed by atoms with Crippen LogP contribution in [0.1, 0.15) is 12.8 Å². The Kier molecular flexibility index (Phi) is 4.66. The van der Waals surface area contributed by atoms with Gasteiger partial charge in [-0.3, -0.25) is 4.90 Å². The molecule has 1 aromatic rings. The fraction of sp³-hybridized carbons (Fsp3) is 0.643. The molecule has 2 saturated heterocycles. The summed E-state index contributed by atoms with van der Waals surface area (Å²) >= 11 is 12.0. The maximum atomic E-state index is 5.98. The molecular weight excluding hydrogens is 297 g/mol. The number of aromatic nitrogens is 1. The predicted molar refractivity (Wildman–Crippen MR) is 81.9 cm³/mol. The lowest BCUT2D eigenvalue weighted by molar-refractivity contribution is 0.0115. The molecule has 20 heavy (non-hydrogen) atoms. The molecule has 4 nitrogen and oxygen atoms in total. The van der Waals surface area contributed by atoms with Crippen LogP contribution in [0.3, 0.4) is 0 Å². The summed E-state index contributed by atoms with van der Waals surface area (Å²) < 4.78 is 5.42. The summed E-state index contributed by atoms with van der Waals surface area (Å²) in [5.41, 5.74) is 1.08. The molecule has 0 spiro atoms. The Hall–Kier alpha value is -0.550. The highest BCUT2D eigenvalue weighted by atomic mass is 35.5. The van der Waals surface area contributed by atoms with Crippen molar-refractivity contribution in [3.63, 3.8) is 0 Å². The van der Waals surface area contributed by atoms with Crippen molar-refractivity contribution in [2.75, 3.05) is 44.3 Å². The van der Waals surface area contributed by atoms with Crippen molar-refractivity contribution < 1.29 is 4.74 Å². The Balaban J connectivity index is 1.60. The summed E-state index contributed by atoms with van der Waals surface area (Å²) in [6.07, 6.45) is 2.36. The maximum absolute atomic E-state index is 5.98. The first-order valence-corrected chi connectivity index (χ1v) is 7.88. The smallest absolute Gasteiger partial charge is 0.132 e. The number of anilines is 1. The molecule has 110 valence electrons. The van der Waals surface area contributed by atoms with Crippen LogP contribution < -0.4 is 4.90 Å². The second-order valence-electron chi connectivity index (χ2n) is 5.34. The Morgan fingerprint density at radius 2 is 1.60 bits per heavy atom. The van der Waals surface area contributed by atoms with E-state index in [2.05, 4.69) is 14.8 Å². The van der Waals surface area contributed by atoms with E-state index in [1.54, 1.807) is 0 Å². The molecule has 0 N–H and O–H groups in total. The van der Waals surface area contributed by atoms with Crippen molar-refractivity contribution in [2.45, 2.75) is 18.9 Å². The van der Waals surface area contributed by atoms with Gasteiger partial charge in [-0.15, -0.1) is 0 Å². The minimum atomic E-state index is 0.461. The van der Waals surface area contributed by atoms with Crippen LogP contribution in [-0.4, -0.2) is 55.3 Å². The average Bonchev–Trinajstić information content (AvgIpc) is 2.47. The standard InChI is InChI=1S/C14H19Cl2N3O/c15-13-9-12(10-14(16)17-13)18-3-1-11(2-4-18)19-5-7-20-8-6-19/h9-11H,1-8H2. The van der Waals surface area contributed by atoms with Crippen molar-refractivity contribution in [2.24, 2.45) is 0 Å². The first-order chi connectivity index (χ1) is 9.72. The number of ether oxygens (including phenoxy) is 1. The number of hydrogen-bond donors (Lipinski definition) is 0. The van der Waals surface area contributed by atoms with E-state index in [0.29, 0.717) is 16.3 Å². The molecule has 6 heteroatoms. The molecule has 3 heterocycles. The third kappa shape index (κ3) is 3.37. The highest BCUT2D eigenvalue weighted by molar-refractivity contribution is 6.32. The van der Waals surface area contributed by atoms with Crippen LogP contribution in [0.2, 0.25) is 10.3 Å². The Morgan fingerprint density at radius 3 is 2.20 bits per heavy atom. The van der Waals surface area contributed by atoms with Crippen molar-refractivity contribution in [1.82, 2.24) is 9.88 Å². The van der Waals surface area contributed by atoms with Gasteiger partial charge in [-0.25, -0.2) is 4.98 Å². The van der Waals surface area contributed by atoms with Gasteiger partial charge in [-0.05, 0) is 25.0 Å². The zero-order valence-corrected chi connectivity index (χ0v) is 12.9. The van der Waals surface area contributed by atoms with E-state index < -0.39 is 0 Å². The second-order valence-corrected chi connectivity index (χ2v) is 6.11. The fourth-order valence-corrected chi connectivity index (χ4v) is 3.52. The summed E-state index contributed by atoms with van der Waals surface area (Å²) in [6.45, 7) is 5.96. The van der Waals surface area contributed by atoms with Crippen molar-refractivity contribution in [3.05, 3.63) is 22.4 Å². The molecule has 2 aliphatic heterocycles. The number of piperidine rings is 1. The molecule has 0 bridgehead atoms. The molecule has 2 fully saturated rings. The molecule has 1 aromatic heterocycles. The maximum Gasteiger partial charge on any atom is 0.132 e.